The van der Waals surface area contributed by atoms with Gasteiger partial charge >= 0.3 is 0 Å². The molecule has 0 bridgehead atoms. The molecule has 2 atom stereocenters. The summed E-state index contributed by atoms with van der Waals surface area (Å²) in [6.45, 7) is 2.31. The van der Waals surface area contributed by atoms with Gasteiger partial charge in [0, 0.05) is 19.7 Å². The van der Waals surface area contributed by atoms with E-state index in [1.165, 1.54) is 19.3 Å². The van der Waals surface area contributed by atoms with Crippen LogP contribution in [0, 0.1) is 5.92 Å². The van der Waals surface area contributed by atoms with E-state index in [2.05, 4.69) is 10.2 Å². The molecular weight excluding hydrogens is 230 g/mol. The number of hydrogen-bond donors (Lipinski definition) is 2. The maximum Gasteiger partial charge on any atom is 0.234 e. The van der Waals surface area contributed by atoms with Crippen LogP contribution in [0.4, 0.5) is 0 Å². The highest BCUT2D eigenvalue weighted by Crippen LogP contribution is 2.26. The Hall–Kier alpha value is -0.650. The zero-order valence-electron chi connectivity index (χ0n) is 11.7. The third-order valence-electron chi connectivity index (χ3n) is 3.76. The molecule has 3 N–H and O–H groups in total. The summed E-state index contributed by atoms with van der Waals surface area (Å²) in [5.41, 5.74) is 5.82. The summed E-state index contributed by atoms with van der Waals surface area (Å²) in [7, 11) is 3.65. The molecule has 1 amide bonds. The van der Waals surface area contributed by atoms with Crippen molar-refractivity contribution in [1.29, 1.82) is 0 Å². The fourth-order valence-electron chi connectivity index (χ4n) is 2.74. The highest BCUT2D eigenvalue weighted by Gasteiger charge is 2.27. The molecule has 1 saturated carbocycles. The summed E-state index contributed by atoms with van der Waals surface area (Å²) >= 11 is 0. The van der Waals surface area contributed by atoms with Gasteiger partial charge in [-0.15, -0.1) is 0 Å². The molecule has 1 rings (SSSR count). The molecule has 0 radical (unpaired) electrons. The minimum Gasteiger partial charge on any atom is -0.383 e. The summed E-state index contributed by atoms with van der Waals surface area (Å²) < 4.78 is 4.90. The van der Waals surface area contributed by atoms with Gasteiger partial charge in [-0.3, -0.25) is 9.69 Å². The van der Waals surface area contributed by atoms with Gasteiger partial charge in [0.05, 0.1) is 13.2 Å². The fraction of sp³-hybridized carbons (Fsp3) is 0.923. The zero-order chi connectivity index (χ0) is 13.4. The van der Waals surface area contributed by atoms with E-state index in [-0.39, 0.29) is 5.91 Å². The van der Waals surface area contributed by atoms with Crippen molar-refractivity contribution in [1.82, 2.24) is 10.2 Å². The molecule has 5 nitrogen and oxygen atoms in total. The van der Waals surface area contributed by atoms with Crippen LogP contribution >= 0.6 is 0 Å². The topological polar surface area (TPSA) is 67.6 Å². The van der Waals surface area contributed by atoms with Crippen LogP contribution in [-0.4, -0.2) is 57.2 Å². The van der Waals surface area contributed by atoms with E-state index in [4.69, 9.17) is 10.5 Å². The molecule has 5 heteroatoms. The maximum absolute atomic E-state index is 11.7. The van der Waals surface area contributed by atoms with Crippen molar-refractivity contribution in [2.24, 2.45) is 11.7 Å². The van der Waals surface area contributed by atoms with Crippen LogP contribution in [0.3, 0.4) is 0 Å². The number of hydrogen-bond acceptors (Lipinski definition) is 4. The summed E-state index contributed by atoms with van der Waals surface area (Å²) in [5.74, 6) is 0.603. The second-order valence-corrected chi connectivity index (χ2v) is 5.11. The molecule has 0 aliphatic heterocycles. The normalized spacial score (nSPS) is 24.2. The molecule has 18 heavy (non-hydrogen) atoms. The smallest absolute Gasteiger partial charge is 0.234 e. The Balaban J connectivity index is 2.33. The Morgan fingerprint density at radius 1 is 1.44 bits per heavy atom. The van der Waals surface area contributed by atoms with Crippen molar-refractivity contribution in [2.75, 3.05) is 40.4 Å². The molecule has 1 aliphatic carbocycles. The van der Waals surface area contributed by atoms with Crippen LogP contribution in [0.1, 0.15) is 25.7 Å². The minimum absolute atomic E-state index is 0.0656. The van der Waals surface area contributed by atoms with Crippen molar-refractivity contribution >= 4 is 5.91 Å². The van der Waals surface area contributed by atoms with Crippen molar-refractivity contribution < 1.29 is 9.53 Å². The number of carbonyl (C=O) groups excluding carboxylic acids is 1. The number of ether oxygens (including phenoxy) is 1. The summed E-state index contributed by atoms with van der Waals surface area (Å²) in [6, 6.07) is 0.455. The number of nitrogens with one attached hydrogen (secondary N) is 1. The second kappa shape index (κ2) is 8.45. The van der Waals surface area contributed by atoms with Crippen LogP contribution in [-0.2, 0) is 9.53 Å². The van der Waals surface area contributed by atoms with Gasteiger partial charge < -0.3 is 15.8 Å². The van der Waals surface area contributed by atoms with Gasteiger partial charge in [0.15, 0.2) is 0 Å². The lowest BCUT2D eigenvalue weighted by atomic mass is 9.84. The monoisotopic (exact) mass is 257 g/mol. The molecule has 0 aromatic carbocycles. The summed E-state index contributed by atoms with van der Waals surface area (Å²) in [4.78, 5) is 13.9. The van der Waals surface area contributed by atoms with Crippen molar-refractivity contribution in [3.05, 3.63) is 0 Å². The molecule has 106 valence electrons. The van der Waals surface area contributed by atoms with E-state index in [0.29, 0.717) is 31.7 Å². The standard InChI is InChI=1S/C13H27N3O2/c1-16(10-13(17)15-7-8-18-2)12-6-4-3-5-11(12)9-14/h11-12H,3-10,14H2,1-2H3,(H,15,17). The third-order valence-corrected chi connectivity index (χ3v) is 3.76. The number of nitrogens with two attached hydrogens (primary N) is 1. The highest BCUT2D eigenvalue weighted by molar-refractivity contribution is 5.77. The predicted molar refractivity (Wildman–Crippen MR) is 72.3 cm³/mol. The lowest BCUT2D eigenvalue weighted by molar-refractivity contribution is -0.123. The average molecular weight is 257 g/mol. The Labute approximate surface area is 110 Å². The number of carbonyl (C=O) groups is 1. The lowest BCUT2D eigenvalue weighted by Gasteiger charge is -2.37. The van der Waals surface area contributed by atoms with Crippen LogP contribution in [0.25, 0.3) is 0 Å². The molecule has 0 aromatic heterocycles. The molecule has 0 spiro atoms. The van der Waals surface area contributed by atoms with Gasteiger partial charge in [-0.1, -0.05) is 12.8 Å². The van der Waals surface area contributed by atoms with Gasteiger partial charge in [0.2, 0.25) is 5.91 Å². The minimum atomic E-state index is 0.0656. The zero-order valence-corrected chi connectivity index (χ0v) is 11.7. The number of methoxy groups -OCH3 is 1. The molecule has 0 heterocycles. The molecular formula is C13H27N3O2. The molecule has 0 aromatic rings. The van der Waals surface area contributed by atoms with Crippen molar-refractivity contribution in [3.63, 3.8) is 0 Å². The van der Waals surface area contributed by atoms with Gasteiger partial charge in [0.1, 0.15) is 0 Å². The highest BCUT2D eigenvalue weighted by atomic mass is 16.5. The van der Waals surface area contributed by atoms with Crippen molar-refractivity contribution in [3.8, 4) is 0 Å². The van der Waals surface area contributed by atoms with Gasteiger partial charge in [0.25, 0.3) is 0 Å². The number of likely N-dealkylation sites (N-methyl/N-ethyl adjacent to an activating group) is 1. The first-order chi connectivity index (χ1) is 8.69. The largest absolute Gasteiger partial charge is 0.383 e. The fourth-order valence-corrected chi connectivity index (χ4v) is 2.74. The van der Waals surface area contributed by atoms with Gasteiger partial charge in [-0.2, -0.15) is 0 Å². The first-order valence-electron chi connectivity index (χ1n) is 6.85. The van der Waals surface area contributed by atoms with E-state index in [1.807, 2.05) is 7.05 Å². The number of amides is 1. The number of nitrogens with zero attached hydrogens (tertiary/aromatic N) is 1. The van der Waals surface area contributed by atoms with E-state index in [9.17, 15) is 4.79 Å². The Kier molecular flexibility index (Phi) is 7.23. The molecule has 1 aliphatic rings. The average Bonchev–Trinajstić information content (AvgIpc) is 2.39. The van der Waals surface area contributed by atoms with Crippen LogP contribution in [0.5, 0.6) is 0 Å². The number of rotatable bonds is 7. The quantitative estimate of drug-likeness (QED) is 0.639. The molecule has 1 fully saturated rings. The second-order valence-electron chi connectivity index (χ2n) is 5.11. The first-order valence-corrected chi connectivity index (χ1v) is 6.85. The van der Waals surface area contributed by atoms with Crippen LogP contribution in [0.15, 0.2) is 0 Å². The van der Waals surface area contributed by atoms with Gasteiger partial charge in [-0.25, -0.2) is 0 Å². The van der Waals surface area contributed by atoms with Crippen LogP contribution < -0.4 is 11.1 Å². The van der Waals surface area contributed by atoms with E-state index in [0.717, 1.165) is 13.0 Å². The SMILES string of the molecule is COCCNC(=O)CN(C)C1CCCCC1CN. The maximum atomic E-state index is 11.7. The summed E-state index contributed by atoms with van der Waals surface area (Å²) in [6.07, 6.45) is 4.86. The van der Waals surface area contributed by atoms with Crippen LogP contribution in [0.2, 0.25) is 0 Å². The van der Waals surface area contributed by atoms with E-state index in [1.54, 1.807) is 7.11 Å². The first kappa shape index (κ1) is 15.4. The van der Waals surface area contributed by atoms with Crippen molar-refractivity contribution in [2.45, 2.75) is 31.7 Å². The molecule has 2 unspecified atom stereocenters. The third kappa shape index (κ3) is 4.92. The van der Waals surface area contributed by atoms with E-state index >= 15 is 0 Å². The summed E-state index contributed by atoms with van der Waals surface area (Å²) in [5, 5.41) is 2.85. The van der Waals surface area contributed by atoms with E-state index < -0.39 is 0 Å². The molecule has 0 saturated heterocycles. The Morgan fingerprint density at radius 2 is 2.17 bits per heavy atom. The van der Waals surface area contributed by atoms with Gasteiger partial charge in [-0.05, 0) is 32.4 Å². The lowest BCUT2D eigenvalue weighted by Crippen LogP contribution is -2.47. The Morgan fingerprint density at radius 3 is 2.83 bits per heavy atom. The Bertz CT molecular complexity index is 248. The predicted octanol–water partition coefficient (Wildman–Crippen LogP) is 0.198.